The molecule has 2 aromatic carbocycles. The average Bonchev–Trinajstić information content (AvgIpc) is 2.83. The first-order valence-electron chi connectivity index (χ1n) is 10.6. The minimum Gasteiger partial charge on any atom is -0.508 e. The van der Waals surface area contributed by atoms with Crippen molar-refractivity contribution in [2.24, 2.45) is 0 Å². The first-order chi connectivity index (χ1) is 15.9. The molecule has 0 spiro atoms. The fourth-order valence-electron chi connectivity index (χ4n) is 3.46. The van der Waals surface area contributed by atoms with Crippen molar-refractivity contribution in [3.05, 3.63) is 84.1 Å². The molecule has 0 saturated carbocycles. The number of benzene rings is 2. The number of ether oxygens (including phenoxy) is 1. The quantitative estimate of drug-likeness (QED) is 0.369. The van der Waals surface area contributed by atoms with Gasteiger partial charge in [-0.2, -0.15) is 0 Å². The molecule has 0 saturated heterocycles. The monoisotopic (exact) mass is 439 g/mol. The number of phenols is 2. The molecule has 6 heteroatoms. The van der Waals surface area contributed by atoms with Gasteiger partial charge in [0, 0.05) is 23.4 Å². The van der Waals surface area contributed by atoms with Gasteiger partial charge in [0.15, 0.2) is 5.82 Å². The van der Waals surface area contributed by atoms with Crippen molar-refractivity contribution < 1.29 is 14.9 Å². The van der Waals surface area contributed by atoms with Gasteiger partial charge in [0.25, 0.3) is 0 Å². The van der Waals surface area contributed by atoms with Crippen LogP contribution in [-0.4, -0.2) is 32.3 Å². The van der Waals surface area contributed by atoms with Crippen LogP contribution in [0.25, 0.3) is 34.0 Å². The Bertz CT molecular complexity index is 1300. The van der Waals surface area contributed by atoms with E-state index in [-0.39, 0.29) is 11.5 Å². The lowest BCUT2D eigenvalue weighted by molar-refractivity contribution is 0.404. The molecule has 2 aromatic heterocycles. The van der Waals surface area contributed by atoms with E-state index < -0.39 is 0 Å². The SMILES string of the molecule is COc1cc(O)c(-c2cc(-c3ccc(O)cc3)nc(-c3ccccn3)n2)cc1CC=C(C)C. The van der Waals surface area contributed by atoms with Gasteiger partial charge >= 0.3 is 0 Å². The third-order valence-corrected chi connectivity index (χ3v) is 5.19. The zero-order valence-electron chi connectivity index (χ0n) is 18.8. The molecule has 2 N–H and O–H groups in total. The normalized spacial score (nSPS) is 10.6. The van der Waals surface area contributed by atoms with Crippen LogP contribution in [0.3, 0.4) is 0 Å². The lowest BCUT2D eigenvalue weighted by atomic mass is 10.0. The Hall–Kier alpha value is -4.19. The van der Waals surface area contributed by atoms with E-state index in [1.165, 1.54) is 5.57 Å². The van der Waals surface area contributed by atoms with Crippen LogP contribution in [0.2, 0.25) is 0 Å². The van der Waals surface area contributed by atoms with Gasteiger partial charge in [0.05, 0.1) is 18.5 Å². The Balaban J connectivity index is 1.91. The molecule has 0 bridgehead atoms. The minimum atomic E-state index is 0.0649. The maximum Gasteiger partial charge on any atom is 0.179 e. The number of rotatable bonds is 6. The van der Waals surface area contributed by atoms with E-state index in [1.54, 1.807) is 43.6 Å². The fraction of sp³-hybridized carbons (Fsp3) is 0.148. The van der Waals surface area contributed by atoms with Crippen molar-refractivity contribution in [1.82, 2.24) is 15.0 Å². The molecule has 0 atom stereocenters. The molecule has 4 aromatic rings. The number of pyridine rings is 1. The van der Waals surface area contributed by atoms with Crippen molar-refractivity contribution in [2.45, 2.75) is 20.3 Å². The summed E-state index contributed by atoms with van der Waals surface area (Å²) in [6.45, 7) is 4.09. The summed E-state index contributed by atoms with van der Waals surface area (Å²) < 4.78 is 5.49. The Kier molecular flexibility index (Phi) is 6.36. The van der Waals surface area contributed by atoms with E-state index in [4.69, 9.17) is 14.7 Å². The Morgan fingerprint density at radius 1 is 0.909 bits per heavy atom. The standard InChI is InChI=1S/C27H25N3O3/c1-17(2)7-8-19-14-21(25(32)16-26(19)33-3)24-15-23(18-9-11-20(31)12-10-18)29-27(30-24)22-6-4-5-13-28-22/h4-7,9-16,31-32H,8H2,1-3H3. The number of allylic oxidation sites excluding steroid dienone is 2. The predicted molar refractivity (Wildman–Crippen MR) is 129 cm³/mol. The van der Waals surface area contributed by atoms with E-state index >= 15 is 0 Å². The molecular formula is C27H25N3O3. The fourth-order valence-corrected chi connectivity index (χ4v) is 3.46. The van der Waals surface area contributed by atoms with E-state index in [1.807, 2.05) is 44.2 Å². The number of methoxy groups -OCH3 is 1. The van der Waals surface area contributed by atoms with E-state index in [2.05, 4.69) is 11.1 Å². The van der Waals surface area contributed by atoms with Gasteiger partial charge in [-0.15, -0.1) is 0 Å². The minimum absolute atomic E-state index is 0.0649. The number of nitrogens with zero attached hydrogens (tertiary/aromatic N) is 3. The molecule has 0 aliphatic heterocycles. The first kappa shape index (κ1) is 22.0. The highest BCUT2D eigenvalue weighted by Gasteiger charge is 2.16. The molecule has 2 heterocycles. The van der Waals surface area contributed by atoms with Gasteiger partial charge in [-0.3, -0.25) is 4.98 Å². The molecule has 0 radical (unpaired) electrons. The van der Waals surface area contributed by atoms with Gasteiger partial charge in [0.1, 0.15) is 22.9 Å². The van der Waals surface area contributed by atoms with Gasteiger partial charge in [-0.25, -0.2) is 9.97 Å². The van der Waals surface area contributed by atoms with Crippen molar-refractivity contribution in [3.8, 4) is 51.3 Å². The summed E-state index contributed by atoms with van der Waals surface area (Å²) in [5, 5.41) is 20.5. The van der Waals surface area contributed by atoms with Gasteiger partial charge < -0.3 is 14.9 Å². The molecule has 166 valence electrons. The Morgan fingerprint density at radius 2 is 1.67 bits per heavy atom. The molecular weight excluding hydrogens is 414 g/mol. The van der Waals surface area contributed by atoms with Gasteiger partial charge in [-0.1, -0.05) is 17.7 Å². The van der Waals surface area contributed by atoms with Crippen LogP contribution >= 0.6 is 0 Å². The van der Waals surface area contributed by atoms with E-state index in [0.717, 1.165) is 11.1 Å². The van der Waals surface area contributed by atoms with Crippen LogP contribution in [0.1, 0.15) is 19.4 Å². The second-order valence-electron chi connectivity index (χ2n) is 7.89. The highest BCUT2D eigenvalue weighted by atomic mass is 16.5. The topological polar surface area (TPSA) is 88.4 Å². The lowest BCUT2D eigenvalue weighted by Crippen LogP contribution is -1.99. The largest absolute Gasteiger partial charge is 0.508 e. The number of hydrogen-bond acceptors (Lipinski definition) is 6. The zero-order chi connectivity index (χ0) is 23.4. The smallest absolute Gasteiger partial charge is 0.179 e. The second kappa shape index (κ2) is 9.53. The predicted octanol–water partition coefficient (Wildman–Crippen LogP) is 5.80. The maximum atomic E-state index is 10.8. The number of aromatic hydroxyl groups is 2. The lowest BCUT2D eigenvalue weighted by Gasteiger charge is -2.14. The van der Waals surface area contributed by atoms with Crippen molar-refractivity contribution >= 4 is 0 Å². The van der Waals surface area contributed by atoms with Crippen molar-refractivity contribution in [1.29, 1.82) is 0 Å². The highest BCUT2D eigenvalue weighted by molar-refractivity contribution is 5.75. The number of aromatic nitrogens is 3. The number of hydrogen-bond donors (Lipinski definition) is 2. The Labute approximate surface area is 192 Å². The van der Waals surface area contributed by atoms with Crippen LogP contribution < -0.4 is 4.74 Å². The van der Waals surface area contributed by atoms with Crippen molar-refractivity contribution in [2.75, 3.05) is 7.11 Å². The average molecular weight is 440 g/mol. The summed E-state index contributed by atoms with van der Waals surface area (Å²) >= 11 is 0. The van der Waals surface area contributed by atoms with Crippen LogP contribution in [0, 0.1) is 0 Å². The molecule has 0 aliphatic rings. The highest BCUT2D eigenvalue weighted by Crippen LogP contribution is 2.37. The van der Waals surface area contributed by atoms with E-state index in [0.29, 0.717) is 40.6 Å². The van der Waals surface area contributed by atoms with Gasteiger partial charge in [-0.05, 0) is 74.4 Å². The van der Waals surface area contributed by atoms with Crippen LogP contribution in [0.15, 0.2) is 78.5 Å². The van der Waals surface area contributed by atoms with Crippen LogP contribution in [-0.2, 0) is 6.42 Å². The summed E-state index contributed by atoms with van der Waals surface area (Å²) in [5.74, 6) is 1.30. The first-order valence-corrected chi connectivity index (χ1v) is 10.6. The van der Waals surface area contributed by atoms with E-state index in [9.17, 15) is 10.2 Å². The maximum absolute atomic E-state index is 10.8. The third kappa shape index (κ3) is 5.01. The molecule has 6 nitrogen and oxygen atoms in total. The van der Waals surface area contributed by atoms with Crippen LogP contribution in [0.5, 0.6) is 17.2 Å². The molecule has 0 amide bonds. The zero-order valence-corrected chi connectivity index (χ0v) is 18.8. The summed E-state index contributed by atoms with van der Waals surface area (Å²) in [7, 11) is 1.59. The number of phenolic OH excluding ortho intramolecular Hbond substituents is 2. The molecule has 33 heavy (non-hydrogen) atoms. The molecule has 4 rings (SSSR count). The summed E-state index contributed by atoms with van der Waals surface area (Å²) in [6.07, 6.45) is 4.47. The molecule has 0 aliphatic carbocycles. The van der Waals surface area contributed by atoms with Crippen molar-refractivity contribution in [3.63, 3.8) is 0 Å². The second-order valence-corrected chi connectivity index (χ2v) is 7.89. The summed E-state index contributed by atoms with van der Waals surface area (Å²) in [6, 6.07) is 17.7. The molecule has 0 unspecified atom stereocenters. The van der Waals surface area contributed by atoms with Crippen LogP contribution in [0.4, 0.5) is 0 Å². The Morgan fingerprint density at radius 3 is 2.33 bits per heavy atom. The third-order valence-electron chi connectivity index (χ3n) is 5.19. The summed E-state index contributed by atoms with van der Waals surface area (Å²) in [4.78, 5) is 13.8. The molecule has 0 fully saturated rings. The summed E-state index contributed by atoms with van der Waals surface area (Å²) in [5.41, 5.74) is 5.36. The van der Waals surface area contributed by atoms with Gasteiger partial charge in [0.2, 0.25) is 0 Å².